The third kappa shape index (κ3) is 11.0. The van der Waals surface area contributed by atoms with Crippen LogP contribution in [0.3, 0.4) is 0 Å². The Bertz CT molecular complexity index is 1780. The van der Waals surface area contributed by atoms with Crippen molar-refractivity contribution >= 4 is 52.2 Å². The number of hydrogen-bond donors (Lipinski definition) is 7. The number of carbonyl (C=O) groups excluding carboxylic acids is 5. The molecule has 0 aliphatic heterocycles. The van der Waals surface area contributed by atoms with Gasteiger partial charge in [0.15, 0.2) is 6.61 Å². The number of ether oxygens (including phenoxy) is 1. The minimum absolute atomic E-state index is 0.176. The Kier molecular flexibility index (Phi) is 13.7. The second-order valence-corrected chi connectivity index (χ2v) is 12.7. The lowest BCUT2D eigenvalue weighted by Gasteiger charge is -2.38. The van der Waals surface area contributed by atoms with Gasteiger partial charge in [-0.25, -0.2) is 9.59 Å². The van der Waals surface area contributed by atoms with E-state index in [4.69, 9.17) is 15.6 Å². The van der Waals surface area contributed by atoms with E-state index >= 15 is 0 Å². The Balaban J connectivity index is 1.45. The Morgan fingerprint density at radius 2 is 1.50 bits per heavy atom. The molecule has 0 bridgehead atoms. The summed E-state index contributed by atoms with van der Waals surface area (Å²) in [5.74, 6) is -7.21. The number of aliphatic carboxylic acids is 2. The highest BCUT2D eigenvalue weighted by Gasteiger charge is 2.43. The lowest BCUT2D eigenvalue weighted by atomic mass is 9.80. The van der Waals surface area contributed by atoms with E-state index in [-0.39, 0.29) is 31.6 Å². The molecule has 5 amide bonds. The molecule has 8 N–H and O–H groups in total. The van der Waals surface area contributed by atoms with Crippen molar-refractivity contribution in [3.05, 3.63) is 77.9 Å². The van der Waals surface area contributed by atoms with Gasteiger partial charge in [0, 0.05) is 13.0 Å². The van der Waals surface area contributed by atoms with E-state index in [1.54, 1.807) is 0 Å². The van der Waals surface area contributed by atoms with Crippen LogP contribution in [0.1, 0.15) is 56.1 Å². The standard InChI is InChI=1S/C37H43N5O10/c38-30(43)21-29(32(46)39-19-7-11-25-10-6-9-24-8-2-3-12-27(24)25)41-36(51)37(17-4-1-5-18-37)42-33(47)28(40-34(48)35(49)50)20-23-13-15-26(16-14-23)52-22-31(44)45/h2-3,6,8-10,12-16,28-29H,1,4-5,7,11,17-22H2,(H2,38,43)(H,39,46)(H,40,48)(H,41,51)(H,42,47)(H,44,45)(H,49,50)/t28-,29+/m1/s1. The SMILES string of the molecule is NC(=O)C[C@H](NC(=O)C1(NC(=O)[C@@H](Cc2ccc(OCC(=O)O)cc2)NC(=O)C(=O)O)CCCCC1)C(=O)NCCCc1cccc2ccccc12. The zero-order valence-electron chi connectivity index (χ0n) is 28.5. The van der Waals surface area contributed by atoms with Gasteiger partial charge in [-0.3, -0.25) is 24.0 Å². The maximum atomic E-state index is 14.0. The fourth-order valence-electron chi connectivity index (χ4n) is 6.25. The van der Waals surface area contributed by atoms with E-state index in [0.717, 1.165) is 22.8 Å². The van der Waals surface area contributed by atoms with Gasteiger partial charge in [-0.05, 0) is 59.7 Å². The molecule has 276 valence electrons. The molecule has 1 fully saturated rings. The molecular weight excluding hydrogens is 674 g/mol. The van der Waals surface area contributed by atoms with Crippen molar-refractivity contribution in [2.75, 3.05) is 13.2 Å². The Morgan fingerprint density at radius 3 is 2.17 bits per heavy atom. The number of amides is 5. The minimum Gasteiger partial charge on any atom is -0.482 e. The van der Waals surface area contributed by atoms with Gasteiger partial charge in [0.2, 0.25) is 23.6 Å². The first-order valence-electron chi connectivity index (χ1n) is 17.0. The zero-order valence-corrected chi connectivity index (χ0v) is 28.5. The van der Waals surface area contributed by atoms with Crippen molar-refractivity contribution in [2.24, 2.45) is 5.73 Å². The maximum Gasteiger partial charge on any atom is 0.394 e. The maximum absolute atomic E-state index is 14.0. The molecule has 1 saturated carbocycles. The topological polar surface area (TPSA) is 243 Å². The van der Waals surface area contributed by atoms with Crippen molar-refractivity contribution in [3.63, 3.8) is 0 Å². The van der Waals surface area contributed by atoms with Crippen molar-refractivity contribution in [3.8, 4) is 5.75 Å². The molecule has 0 saturated heterocycles. The summed E-state index contributed by atoms with van der Waals surface area (Å²) < 4.78 is 5.11. The number of carboxylic acids is 2. The number of aryl methyl sites for hydroxylation is 1. The molecule has 15 nitrogen and oxygen atoms in total. The summed E-state index contributed by atoms with van der Waals surface area (Å²) in [4.78, 5) is 87.3. The van der Waals surface area contributed by atoms with Crippen molar-refractivity contribution in [2.45, 2.75) is 75.4 Å². The molecule has 3 aromatic rings. The number of carbonyl (C=O) groups is 7. The first-order chi connectivity index (χ1) is 24.9. The highest BCUT2D eigenvalue weighted by atomic mass is 16.5. The summed E-state index contributed by atoms with van der Waals surface area (Å²) in [6, 6.07) is 17.2. The van der Waals surface area contributed by atoms with E-state index in [1.807, 2.05) is 42.5 Å². The average molecular weight is 718 g/mol. The molecule has 4 rings (SSSR count). The molecule has 0 unspecified atom stereocenters. The molecule has 52 heavy (non-hydrogen) atoms. The number of rotatable bonds is 17. The van der Waals surface area contributed by atoms with E-state index in [1.165, 1.54) is 24.3 Å². The number of carboxylic acid groups (broad SMARTS) is 2. The van der Waals surface area contributed by atoms with Crippen LogP contribution in [-0.2, 0) is 46.4 Å². The van der Waals surface area contributed by atoms with Crippen LogP contribution in [0.15, 0.2) is 66.7 Å². The first kappa shape index (κ1) is 38.8. The van der Waals surface area contributed by atoms with Crippen LogP contribution in [-0.4, -0.2) is 82.5 Å². The number of nitrogens with two attached hydrogens (primary N) is 1. The molecule has 1 aliphatic carbocycles. The van der Waals surface area contributed by atoms with Crippen LogP contribution in [0.2, 0.25) is 0 Å². The van der Waals surface area contributed by atoms with Crippen LogP contribution >= 0.6 is 0 Å². The Labute approximate surface area is 299 Å². The predicted octanol–water partition coefficient (Wildman–Crippen LogP) is 1.34. The van der Waals surface area contributed by atoms with Gasteiger partial charge >= 0.3 is 17.8 Å². The van der Waals surface area contributed by atoms with Crippen molar-refractivity contribution in [1.82, 2.24) is 21.3 Å². The third-order valence-corrected chi connectivity index (χ3v) is 8.87. The molecule has 0 heterocycles. The monoisotopic (exact) mass is 717 g/mol. The zero-order chi connectivity index (χ0) is 37.7. The molecule has 2 atom stereocenters. The van der Waals surface area contributed by atoms with Gasteiger partial charge in [-0.1, -0.05) is 73.9 Å². The summed E-state index contributed by atoms with van der Waals surface area (Å²) in [7, 11) is 0. The number of hydrogen-bond acceptors (Lipinski definition) is 8. The van der Waals surface area contributed by atoms with Crippen LogP contribution in [0.5, 0.6) is 5.75 Å². The van der Waals surface area contributed by atoms with Gasteiger partial charge in [0.05, 0.1) is 6.42 Å². The lowest BCUT2D eigenvalue weighted by molar-refractivity contribution is -0.151. The quantitative estimate of drug-likeness (QED) is 0.0781. The third-order valence-electron chi connectivity index (χ3n) is 8.87. The summed E-state index contributed by atoms with van der Waals surface area (Å²) in [6.07, 6.45) is 2.77. The fourth-order valence-corrected chi connectivity index (χ4v) is 6.25. The van der Waals surface area contributed by atoms with Gasteiger partial charge in [-0.15, -0.1) is 0 Å². The number of fused-ring (bicyclic) bond motifs is 1. The molecule has 0 radical (unpaired) electrons. The molecule has 15 heteroatoms. The Hall–Kier alpha value is -5.99. The smallest absolute Gasteiger partial charge is 0.394 e. The van der Waals surface area contributed by atoms with E-state index < -0.39 is 72.1 Å². The summed E-state index contributed by atoms with van der Waals surface area (Å²) in [5.41, 5.74) is 5.48. The lowest BCUT2D eigenvalue weighted by Crippen LogP contribution is -2.65. The second-order valence-electron chi connectivity index (χ2n) is 12.7. The minimum atomic E-state index is -1.82. The molecule has 1 aliphatic rings. The van der Waals surface area contributed by atoms with Gasteiger partial charge in [0.1, 0.15) is 23.4 Å². The van der Waals surface area contributed by atoms with E-state index in [9.17, 15) is 38.7 Å². The normalized spacial score (nSPS) is 14.6. The molecule has 0 aromatic heterocycles. The number of nitrogens with one attached hydrogen (secondary N) is 4. The first-order valence-corrected chi connectivity index (χ1v) is 17.0. The van der Waals surface area contributed by atoms with Gasteiger partial charge in [-0.2, -0.15) is 0 Å². The van der Waals surface area contributed by atoms with Crippen LogP contribution in [0.25, 0.3) is 10.8 Å². The van der Waals surface area contributed by atoms with E-state index in [0.29, 0.717) is 31.2 Å². The molecular formula is C37H43N5O10. The average Bonchev–Trinajstić information content (AvgIpc) is 3.12. The molecule has 3 aromatic carbocycles. The summed E-state index contributed by atoms with van der Waals surface area (Å²) >= 11 is 0. The highest BCUT2D eigenvalue weighted by Crippen LogP contribution is 2.29. The fraction of sp³-hybridized carbons (Fsp3) is 0.378. The van der Waals surface area contributed by atoms with Crippen LogP contribution in [0, 0.1) is 0 Å². The summed E-state index contributed by atoms with van der Waals surface area (Å²) in [5, 5.41) is 30.6. The predicted molar refractivity (Wildman–Crippen MR) is 188 cm³/mol. The van der Waals surface area contributed by atoms with Crippen LogP contribution < -0.4 is 31.7 Å². The molecule has 0 spiro atoms. The van der Waals surface area contributed by atoms with Crippen molar-refractivity contribution in [1.29, 1.82) is 0 Å². The van der Waals surface area contributed by atoms with Gasteiger partial charge in [0.25, 0.3) is 0 Å². The summed E-state index contributed by atoms with van der Waals surface area (Å²) in [6.45, 7) is -0.316. The Morgan fingerprint density at radius 1 is 0.808 bits per heavy atom. The van der Waals surface area contributed by atoms with Gasteiger partial charge < -0.3 is 42.0 Å². The number of primary amides is 1. The highest BCUT2D eigenvalue weighted by molar-refractivity contribution is 6.32. The second kappa shape index (κ2) is 18.3. The van der Waals surface area contributed by atoms with E-state index in [2.05, 4.69) is 21.3 Å². The van der Waals surface area contributed by atoms with Crippen molar-refractivity contribution < 1.29 is 48.5 Å². The van der Waals surface area contributed by atoms with Crippen LogP contribution in [0.4, 0.5) is 0 Å². The number of benzene rings is 3. The largest absolute Gasteiger partial charge is 0.482 e.